The first kappa shape index (κ1) is 20.6. The van der Waals surface area contributed by atoms with E-state index < -0.39 is 0 Å². The Morgan fingerprint density at radius 1 is 1.11 bits per heavy atom. The third-order valence-electron chi connectivity index (χ3n) is 5.46. The minimum Gasteiger partial charge on any atom is -0.385 e. The van der Waals surface area contributed by atoms with Crippen LogP contribution in [-0.2, 0) is 17.7 Å². The number of hydrogen-bond donors (Lipinski definition) is 2. The summed E-state index contributed by atoms with van der Waals surface area (Å²) in [5, 5.41) is 5.89. The van der Waals surface area contributed by atoms with Gasteiger partial charge < -0.3 is 19.9 Å². The number of ether oxygens (including phenoxy) is 1. The second-order valence-electron chi connectivity index (χ2n) is 7.56. The Bertz CT molecular complexity index is 723. The predicted molar refractivity (Wildman–Crippen MR) is 107 cm³/mol. The third kappa shape index (κ3) is 5.22. The first-order valence-corrected chi connectivity index (χ1v) is 10.5. The fraction of sp³-hybridized carbons (Fsp3) is 0.667. The van der Waals surface area contributed by atoms with Gasteiger partial charge in [0.1, 0.15) is 5.69 Å². The van der Waals surface area contributed by atoms with Crippen LogP contribution < -0.4 is 10.6 Å². The molecule has 7 heteroatoms. The summed E-state index contributed by atoms with van der Waals surface area (Å²) in [5.74, 6) is -0.0292. The number of hydrogen-bond acceptors (Lipinski definition) is 4. The number of methoxy groups -OCH3 is 1. The minimum absolute atomic E-state index is 0.166. The lowest BCUT2D eigenvalue weighted by Gasteiger charge is -2.17. The molecule has 2 amide bonds. The zero-order chi connectivity index (χ0) is 19.8. The quantitative estimate of drug-likeness (QED) is 0.503. The molecule has 0 saturated carbocycles. The number of fused-ring (bicyclic) bond motifs is 1. The number of rotatable bonds is 9. The smallest absolute Gasteiger partial charge is 0.287 e. The van der Waals surface area contributed by atoms with Crippen LogP contribution in [0.2, 0.25) is 0 Å². The molecule has 7 nitrogen and oxygen atoms in total. The summed E-state index contributed by atoms with van der Waals surface area (Å²) in [5.41, 5.74) is 2.75. The average molecular weight is 389 g/mol. The highest BCUT2D eigenvalue weighted by atomic mass is 16.5. The number of nitrogens with zero attached hydrogens (tertiary/aromatic N) is 2. The highest BCUT2D eigenvalue weighted by Gasteiger charge is 2.27. The number of allylic oxidation sites excluding steroid dienone is 1. The molecule has 1 aliphatic carbocycles. The van der Waals surface area contributed by atoms with Crippen molar-refractivity contribution >= 4 is 11.8 Å². The standard InChI is InChI=1S/C21H32N4O3/c1-28-15-7-12-22-21(27)19-24-18(17-10-5-6-14-25(17)19)20(26)23-13-11-16-8-3-2-4-9-16/h8H,2-7,9-15H2,1H3,(H,22,27)(H,23,26). The van der Waals surface area contributed by atoms with Crippen molar-refractivity contribution in [2.45, 2.75) is 64.3 Å². The number of carbonyl (C=O) groups is 2. The lowest BCUT2D eigenvalue weighted by molar-refractivity contribution is 0.0932. The predicted octanol–water partition coefficient (Wildman–Crippen LogP) is 2.61. The first-order chi connectivity index (χ1) is 13.7. The summed E-state index contributed by atoms with van der Waals surface area (Å²) in [7, 11) is 1.64. The van der Waals surface area contributed by atoms with Crippen LogP contribution in [0.5, 0.6) is 0 Å². The van der Waals surface area contributed by atoms with Gasteiger partial charge >= 0.3 is 0 Å². The van der Waals surface area contributed by atoms with E-state index in [2.05, 4.69) is 21.7 Å². The molecule has 0 spiro atoms. The van der Waals surface area contributed by atoms with Crippen molar-refractivity contribution in [2.75, 3.05) is 26.8 Å². The van der Waals surface area contributed by atoms with Crippen molar-refractivity contribution in [3.05, 3.63) is 28.9 Å². The van der Waals surface area contributed by atoms with Crippen molar-refractivity contribution < 1.29 is 14.3 Å². The van der Waals surface area contributed by atoms with Gasteiger partial charge in [-0.2, -0.15) is 0 Å². The van der Waals surface area contributed by atoms with Gasteiger partial charge in [0, 0.05) is 33.4 Å². The van der Waals surface area contributed by atoms with E-state index in [0.717, 1.165) is 57.2 Å². The number of amides is 2. The molecule has 2 N–H and O–H groups in total. The molecule has 2 heterocycles. The van der Waals surface area contributed by atoms with Crippen LogP contribution in [0.25, 0.3) is 0 Å². The van der Waals surface area contributed by atoms with Crippen molar-refractivity contribution in [3.63, 3.8) is 0 Å². The van der Waals surface area contributed by atoms with E-state index in [4.69, 9.17) is 4.74 Å². The van der Waals surface area contributed by atoms with Gasteiger partial charge in [-0.05, 0) is 57.8 Å². The Labute approximate surface area is 166 Å². The lowest BCUT2D eigenvalue weighted by atomic mass is 9.97. The van der Waals surface area contributed by atoms with Crippen LogP contribution in [-0.4, -0.2) is 48.2 Å². The SMILES string of the molecule is COCCCNC(=O)c1nc(C(=O)NCCC2=CCCCC2)c2n1CCCC2. The Morgan fingerprint density at radius 3 is 2.71 bits per heavy atom. The van der Waals surface area contributed by atoms with Gasteiger partial charge in [-0.1, -0.05) is 11.6 Å². The van der Waals surface area contributed by atoms with Gasteiger partial charge in [0.2, 0.25) is 0 Å². The van der Waals surface area contributed by atoms with E-state index in [-0.39, 0.29) is 11.8 Å². The van der Waals surface area contributed by atoms with Crippen LogP contribution in [0.3, 0.4) is 0 Å². The van der Waals surface area contributed by atoms with E-state index in [0.29, 0.717) is 31.2 Å². The second kappa shape index (κ2) is 10.4. The molecule has 3 rings (SSSR count). The zero-order valence-electron chi connectivity index (χ0n) is 16.9. The summed E-state index contributed by atoms with van der Waals surface area (Å²) < 4.78 is 6.93. The molecule has 154 valence electrons. The van der Waals surface area contributed by atoms with Crippen LogP contribution in [0, 0.1) is 0 Å². The molecule has 2 aliphatic rings. The molecule has 0 unspecified atom stereocenters. The van der Waals surface area contributed by atoms with Crippen LogP contribution in [0.4, 0.5) is 0 Å². The maximum absolute atomic E-state index is 12.7. The maximum atomic E-state index is 12.7. The number of aromatic nitrogens is 2. The number of imidazole rings is 1. The summed E-state index contributed by atoms with van der Waals surface area (Å²) in [4.78, 5) is 29.7. The first-order valence-electron chi connectivity index (χ1n) is 10.5. The monoisotopic (exact) mass is 388 g/mol. The summed E-state index contributed by atoms with van der Waals surface area (Å²) in [6.45, 7) is 2.49. The third-order valence-corrected chi connectivity index (χ3v) is 5.46. The average Bonchev–Trinajstić information content (AvgIpc) is 3.12. The van der Waals surface area contributed by atoms with Gasteiger partial charge in [-0.3, -0.25) is 9.59 Å². The highest BCUT2D eigenvalue weighted by Crippen LogP contribution is 2.22. The van der Waals surface area contributed by atoms with Gasteiger partial charge in [0.05, 0.1) is 5.69 Å². The Hall–Kier alpha value is -2.15. The van der Waals surface area contributed by atoms with Crippen molar-refractivity contribution in [2.24, 2.45) is 0 Å². The second-order valence-corrected chi connectivity index (χ2v) is 7.56. The number of nitrogens with one attached hydrogen (secondary N) is 2. The van der Waals surface area contributed by atoms with E-state index in [9.17, 15) is 9.59 Å². The fourth-order valence-electron chi connectivity index (χ4n) is 3.95. The topological polar surface area (TPSA) is 85.2 Å². The van der Waals surface area contributed by atoms with E-state index in [1.54, 1.807) is 7.11 Å². The van der Waals surface area contributed by atoms with Gasteiger partial charge in [0.15, 0.2) is 5.82 Å². The molecule has 1 aromatic rings. The summed E-state index contributed by atoms with van der Waals surface area (Å²) >= 11 is 0. The highest BCUT2D eigenvalue weighted by molar-refractivity contribution is 5.97. The molecule has 0 fully saturated rings. The van der Waals surface area contributed by atoms with Crippen LogP contribution in [0.1, 0.15) is 78.2 Å². The van der Waals surface area contributed by atoms with Gasteiger partial charge in [-0.15, -0.1) is 0 Å². The lowest BCUT2D eigenvalue weighted by Crippen LogP contribution is -2.29. The van der Waals surface area contributed by atoms with Gasteiger partial charge in [-0.25, -0.2) is 4.98 Å². The molecule has 0 saturated heterocycles. The molecular weight excluding hydrogens is 356 g/mol. The summed E-state index contributed by atoms with van der Waals surface area (Å²) in [6, 6.07) is 0. The largest absolute Gasteiger partial charge is 0.385 e. The van der Waals surface area contributed by atoms with Crippen molar-refractivity contribution in [3.8, 4) is 0 Å². The molecule has 28 heavy (non-hydrogen) atoms. The van der Waals surface area contributed by atoms with Crippen LogP contribution in [0.15, 0.2) is 11.6 Å². The normalized spacial score (nSPS) is 16.2. The fourth-order valence-corrected chi connectivity index (χ4v) is 3.95. The molecule has 1 aliphatic heterocycles. The minimum atomic E-state index is -0.217. The summed E-state index contributed by atoms with van der Waals surface area (Å²) in [6.07, 6.45) is 11.6. The Morgan fingerprint density at radius 2 is 1.93 bits per heavy atom. The maximum Gasteiger partial charge on any atom is 0.287 e. The van der Waals surface area contributed by atoms with Crippen molar-refractivity contribution in [1.29, 1.82) is 0 Å². The molecule has 0 bridgehead atoms. The van der Waals surface area contributed by atoms with E-state index in [1.807, 2.05) is 4.57 Å². The van der Waals surface area contributed by atoms with E-state index in [1.165, 1.54) is 18.4 Å². The van der Waals surface area contributed by atoms with Crippen LogP contribution >= 0.6 is 0 Å². The van der Waals surface area contributed by atoms with Gasteiger partial charge in [0.25, 0.3) is 11.8 Å². The molecule has 0 radical (unpaired) electrons. The Kier molecular flexibility index (Phi) is 7.65. The van der Waals surface area contributed by atoms with E-state index >= 15 is 0 Å². The number of carbonyl (C=O) groups excluding carboxylic acids is 2. The zero-order valence-corrected chi connectivity index (χ0v) is 16.9. The molecule has 1 aromatic heterocycles. The molecule has 0 atom stereocenters. The molecule has 0 aromatic carbocycles. The van der Waals surface area contributed by atoms with Crippen molar-refractivity contribution in [1.82, 2.24) is 20.2 Å². The molecular formula is C21H32N4O3. The Balaban J connectivity index is 1.63.